The number of nitrogens with zero attached hydrogens (tertiary/aromatic N) is 5. The quantitative estimate of drug-likeness (QED) is 0.480. The molecule has 170 valence electrons. The molecule has 0 saturated carbocycles. The number of β-amino-alcohol motifs (C(OH)–C–C–N with tert-alkyl or cyclic N) is 1. The van der Waals surface area contributed by atoms with Crippen LogP contribution in [0.2, 0.25) is 0 Å². The predicted octanol–water partition coefficient (Wildman–Crippen LogP) is 2.67. The first-order valence-electron chi connectivity index (χ1n) is 11.1. The number of ether oxygens (including phenoxy) is 1. The summed E-state index contributed by atoms with van der Waals surface area (Å²) < 4.78 is 6.55. The lowest BCUT2D eigenvalue weighted by Gasteiger charge is -2.34. The third-order valence-corrected chi connectivity index (χ3v) is 7.38. The number of aromatic nitrogens is 4. The van der Waals surface area contributed by atoms with Crippen LogP contribution in [0.25, 0.3) is 32.6 Å². The number of aliphatic hydroxyl groups is 1. The molecular formula is C23H24N6O3S. The van der Waals surface area contributed by atoms with Gasteiger partial charge in [-0.15, -0.1) is 11.3 Å². The average Bonchev–Trinajstić information content (AvgIpc) is 3.57. The smallest absolute Gasteiger partial charge is 0.257 e. The van der Waals surface area contributed by atoms with E-state index in [9.17, 15) is 9.90 Å². The number of rotatable bonds is 3. The molecule has 33 heavy (non-hydrogen) atoms. The van der Waals surface area contributed by atoms with Gasteiger partial charge >= 0.3 is 0 Å². The number of thiophene rings is 1. The Bertz CT molecular complexity index is 1350. The Kier molecular flexibility index (Phi) is 5.01. The van der Waals surface area contributed by atoms with E-state index in [1.54, 1.807) is 11.1 Å². The van der Waals surface area contributed by atoms with Gasteiger partial charge in [0.15, 0.2) is 11.6 Å². The molecule has 4 aromatic rings. The fraction of sp³-hybridized carbons (Fsp3) is 0.391. The van der Waals surface area contributed by atoms with Crippen LogP contribution in [0.5, 0.6) is 0 Å². The van der Waals surface area contributed by atoms with Crippen LogP contribution >= 0.6 is 11.3 Å². The molecule has 0 bridgehead atoms. The van der Waals surface area contributed by atoms with Crippen LogP contribution in [-0.4, -0.2) is 80.8 Å². The number of pyridine rings is 1. The second-order valence-corrected chi connectivity index (χ2v) is 9.49. The summed E-state index contributed by atoms with van der Waals surface area (Å²) in [6.07, 6.45) is 3.73. The second kappa shape index (κ2) is 8.05. The maximum Gasteiger partial charge on any atom is 0.257 e. The number of hydrogen-bond acceptors (Lipinski definition) is 8. The average molecular weight is 465 g/mol. The lowest BCUT2D eigenvalue weighted by Crippen LogP contribution is -2.44. The number of nitrogens with one attached hydrogen (secondary N) is 1. The van der Waals surface area contributed by atoms with Crippen molar-refractivity contribution in [3.05, 3.63) is 35.5 Å². The maximum absolute atomic E-state index is 13.4. The van der Waals surface area contributed by atoms with E-state index in [4.69, 9.17) is 14.7 Å². The highest BCUT2D eigenvalue weighted by Crippen LogP contribution is 2.37. The van der Waals surface area contributed by atoms with Gasteiger partial charge in [-0.05, 0) is 25.5 Å². The van der Waals surface area contributed by atoms with Crippen molar-refractivity contribution in [1.29, 1.82) is 0 Å². The number of carbonyl (C=O) groups excluding carboxylic acids is 1. The van der Waals surface area contributed by atoms with E-state index in [0.717, 1.165) is 33.7 Å². The normalized spacial score (nSPS) is 21.4. The number of carbonyl (C=O) groups is 1. The van der Waals surface area contributed by atoms with E-state index < -0.39 is 6.10 Å². The zero-order chi connectivity index (χ0) is 22.5. The molecule has 9 nitrogen and oxygen atoms in total. The van der Waals surface area contributed by atoms with Gasteiger partial charge in [0.1, 0.15) is 11.2 Å². The molecule has 6 heterocycles. The number of aromatic amines is 1. The molecule has 2 saturated heterocycles. The highest BCUT2D eigenvalue weighted by atomic mass is 32.1. The van der Waals surface area contributed by atoms with E-state index in [1.165, 1.54) is 11.3 Å². The molecule has 2 atom stereocenters. The molecule has 0 spiro atoms. The highest BCUT2D eigenvalue weighted by molar-refractivity contribution is 7.18. The molecule has 2 aliphatic heterocycles. The monoisotopic (exact) mass is 464 g/mol. The van der Waals surface area contributed by atoms with Gasteiger partial charge in [0.2, 0.25) is 0 Å². The standard InChI is InChI=1S/C23H24N6O3S/c1-13-11-32-9-8-29(13)22-19-18(17(12-33-19)23(31)28-7-4-14(30)10-28)26-21(27-22)16-3-6-25-20-15(16)2-5-24-20/h2-3,5-6,12-14,30H,4,7-11H2,1H3,(H,24,25)/t13-,14-/m1/s1. The first-order chi connectivity index (χ1) is 16.1. The van der Waals surface area contributed by atoms with Crippen molar-refractivity contribution in [3.63, 3.8) is 0 Å². The van der Waals surface area contributed by atoms with E-state index in [1.807, 2.05) is 23.7 Å². The number of aliphatic hydroxyl groups excluding tert-OH is 1. The van der Waals surface area contributed by atoms with Crippen LogP contribution in [-0.2, 0) is 4.74 Å². The largest absolute Gasteiger partial charge is 0.391 e. The van der Waals surface area contributed by atoms with E-state index >= 15 is 0 Å². The third-order valence-electron chi connectivity index (χ3n) is 6.42. The predicted molar refractivity (Wildman–Crippen MR) is 127 cm³/mol. The van der Waals surface area contributed by atoms with Gasteiger partial charge in [-0.1, -0.05) is 0 Å². The summed E-state index contributed by atoms with van der Waals surface area (Å²) in [5, 5.41) is 12.7. The topological polar surface area (TPSA) is 107 Å². The maximum atomic E-state index is 13.4. The van der Waals surface area contributed by atoms with Crippen molar-refractivity contribution < 1.29 is 14.6 Å². The minimum absolute atomic E-state index is 0.0926. The lowest BCUT2D eigenvalue weighted by molar-refractivity contribution is 0.0767. The van der Waals surface area contributed by atoms with Crippen molar-refractivity contribution in [2.45, 2.75) is 25.5 Å². The van der Waals surface area contributed by atoms with Gasteiger partial charge in [0, 0.05) is 48.4 Å². The number of anilines is 1. The Labute approximate surface area is 194 Å². The summed E-state index contributed by atoms with van der Waals surface area (Å²) >= 11 is 1.50. The molecule has 6 rings (SSSR count). The Morgan fingerprint density at radius 3 is 3.03 bits per heavy atom. The molecule has 0 aliphatic carbocycles. The highest BCUT2D eigenvalue weighted by Gasteiger charge is 2.30. The number of fused-ring (bicyclic) bond motifs is 2. The van der Waals surface area contributed by atoms with E-state index in [0.29, 0.717) is 49.6 Å². The molecule has 2 fully saturated rings. The van der Waals surface area contributed by atoms with Gasteiger partial charge in [-0.2, -0.15) is 0 Å². The number of H-pyrrole nitrogens is 1. The van der Waals surface area contributed by atoms with Gasteiger partial charge in [-0.25, -0.2) is 15.0 Å². The van der Waals surface area contributed by atoms with Gasteiger partial charge < -0.3 is 24.6 Å². The molecular weight excluding hydrogens is 440 g/mol. The molecule has 10 heteroatoms. The minimum atomic E-state index is -0.465. The SMILES string of the molecule is C[C@@H]1COCCN1c1nc(-c2ccnc3[nH]ccc23)nc2c(C(=O)N3CC[C@@H](O)C3)csc12. The van der Waals surface area contributed by atoms with Crippen LogP contribution in [0.1, 0.15) is 23.7 Å². The van der Waals surface area contributed by atoms with Crippen molar-refractivity contribution in [3.8, 4) is 11.4 Å². The Balaban J connectivity index is 1.55. The van der Waals surface area contributed by atoms with Crippen LogP contribution in [0.4, 0.5) is 5.82 Å². The van der Waals surface area contributed by atoms with Crippen LogP contribution in [0.15, 0.2) is 29.9 Å². The van der Waals surface area contributed by atoms with Crippen LogP contribution in [0, 0.1) is 0 Å². The number of amides is 1. The molecule has 4 aromatic heterocycles. The van der Waals surface area contributed by atoms with Crippen molar-refractivity contribution in [1.82, 2.24) is 24.8 Å². The zero-order valence-corrected chi connectivity index (χ0v) is 19.0. The lowest BCUT2D eigenvalue weighted by atomic mass is 10.1. The molecule has 0 unspecified atom stereocenters. The van der Waals surface area contributed by atoms with Crippen LogP contribution < -0.4 is 4.90 Å². The molecule has 1 amide bonds. The van der Waals surface area contributed by atoms with Gasteiger partial charge in [0.05, 0.1) is 35.6 Å². The molecule has 0 radical (unpaired) electrons. The molecule has 2 aliphatic rings. The van der Waals surface area contributed by atoms with Gasteiger partial charge in [-0.3, -0.25) is 4.79 Å². The number of morpholine rings is 1. The zero-order valence-electron chi connectivity index (χ0n) is 18.2. The summed E-state index contributed by atoms with van der Waals surface area (Å²) in [4.78, 5) is 34.8. The Hall–Kier alpha value is -3.08. The van der Waals surface area contributed by atoms with Crippen molar-refractivity contribution in [2.24, 2.45) is 0 Å². The van der Waals surface area contributed by atoms with E-state index in [2.05, 4.69) is 21.8 Å². The second-order valence-electron chi connectivity index (χ2n) is 8.61. The van der Waals surface area contributed by atoms with Crippen molar-refractivity contribution >= 4 is 44.3 Å². The molecule has 0 aromatic carbocycles. The summed E-state index contributed by atoms with van der Waals surface area (Å²) in [6.45, 7) is 5.01. The summed E-state index contributed by atoms with van der Waals surface area (Å²) in [5.74, 6) is 1.30. The Morgan fingerprint density at radius 2 is 2.21 bits per heavy atom. The summed E-state index contributed by atoms with van der Waals surface area (Å²) in [5.41, 5.74) is 2.86. The van der Waals surface area contributed by atoms with Crippen molar-refractivity contribution in [2.75, 3.05) is 37.7 Å². The Morgan fingerprint density at radius 1 is 1.30 bits per heavy atom. The van der Waals surface area contributed by atoms with E-state index in [-0.39, 0.29) is 11.9 Å². The summed E-state index contributed by atoms with van der Waals surface area (Å²) in [7, 11) is 0. The number of likely N-dealkylation sites (tertiary alicyclic amines) is 1. The fourth-order valence-corrected chi connectivity index (χ4v) is 5.65. The third kappa shape index (κ3) is 3.45. The first kappa shape index (κ1) is 20.5. The fourth-order valence-electron chi connectivity index (χ4n) is 4.66. The summed E-state index contributed by atoms with van der Waals surface area (Å²) in [6, 6.07) is 4.03. The van der Waals surface area contributed by atoms with Crippen LogP contribution in [0.3, 0.4) is 0 Å². The molecule has 2 N–H and O–H groups in total. The first-order valence-corrected chi connectivity index (χ1v) is 12.0. The van der Waals surface area contributed by atoms with Gasteiger partial charge in [0.25, 0.3) is 5.91 Å². The number of hydrogen-bond donors (Lipinski definition) is 2. The minimum Gasteiger partial charge on any atom is -0.391 e.